The lowest BCUT2D eigenvalue weighted by atomic mass is 9.97. The van der Waals surface area contributed by atoms with Crippen molar-refractivity contribution >= 4 is 0 Å². The summed E-state index contributed by atoms with van der Waals surface area (Å²) in [6.07, 6.45) is 0.930. The fraction of sp³-hybridized carbons (Fsp3) is 0.294. The first-order valence-electron chi connectivity index (χ1n) is 6.87. The van der Waals surface area contributed by atoms with Crippen LogP contribution in [0.3, 0.4) is 0 Å². The van der Waals surface area contributed by atoms with Crippen LogP contribution in [0.2, 0.25) is 0 Å². The maximum absolute atomic E-state index is 14.2. The molecule has 0 aromatic heterocycles. The maximum Gasteiger partial charge on any atom is 0.128 e. The second kappa shape index (κ2) is 6.62. The van der Waals surface area contributed by atoms with Crippen LogP contribution in [-0.4, -0.2) is 6.54 Å². The molecule has 3 heteroatoms. The van der Waals surface area contributed by atoms with E-state index in [2.05, 4.69) is 5.32 Å². The van der Waals surface area contributed by atoms with Crippen molar-refractivity contribution in [3.8, 4) is 0 Å². The molecule has 2 aromatic carbocycles. The minimum absolute atomic E-state index is 0.327. The fourth-order valence-corrected chi connectivity index (χ4v) is 2.22. The molecule has 2 aromatic rings. The van der Waals surface area contributed by atoms with Gasteiger partial charge < -0.3 is 5.32 Å². The summed E-state index contributed by atoms with van der Waals surface area (Å²) in [6, 6.07) is 11.8. The van der Waals surface area contributed by atoms with Crippen LogP contribution in [-0.2, 0) is 0 Å². The van der Waals surface area contributed by atoms with E-state index < -0.39 is 0 Å². The number of nitrogens with one attached hydrogen (secondary N) is 1. The molecule has 1 atom stereocenters. The second-order valence-electron chi connectivity index (χ2n) is 4.92. The second-order valence-corrected chi connectivity index (χ2v) is 4.92. The molecule has 0 heterocycles. The molecule has 2 rings (SSSR count). The number of aryl methyl sites for hydroxylation is 1. The molecule has 0 aliphatic heterocycles. The number of benzene rings is 2. The third-order valence-electron chi connectivity index (χ3n) is 3.32. The molecule has 0 amide bonds. The van der Waals surface area contributed by atoms with Crippen LogP contribution in [0.5, 0.6) is 0 Å². The Bertz CT molecular complexity index is 567. The van der Waals surface area contributed by atoms with E-state index in [1.165, 1.54) is 12.1 Å². The van der Waals surface area contributed by atoms with Crippen LogP contribution < -0.4 is 5.32 Å². The first kappa shape index (κ1) is 14.7. The molecule has 0 saturated carbocycles. The van der Waals surface area contributed by atoms with Crippen LogP contribution in [0.1, 0.15) is 36.1 Å². The lowest BCUT2D eigenvalue weighted by Gasteiger charge is -2.20. The predicted molar refractivity (Wildman–Crippen MR) is 77.7 cm³/mol. The highest BCUT2D eigenvalue weighted by Gasteiger charge is 2.18. The van der Waals surface area contributed by atoms with Crippen molar-refractivity contribution in [2.75, 3.05) is 6.54 Å². The van der Waals surface area contributed by atoms with Crippen LogP contribution in [0.4, 0.5) is 8.78 Å². The maximum atomic E-state index is 14.2. The summed E-state index contributed by atoms with van der Waals surface area (Å²) in [5, 5.41) is 3.28. The molecule has 0 aliphatic carbocycles. The van der Waals surface area contributed by atoms with Crippen molar-refractivity contribution in [1.82, 2.24) is 5.32 Å². The molecule has 1 nitrogen and oxygen atoms in total. The van der Waals surface area contributed by atoms with Gasteiger partial charge in [-0.25, -0.2) is 8.78 Å². The summed E-state index contributed by atoms with van der Waals surface area (Å²) >= 11 is 0. The average molecular weight is 275 g/mol. The van der Waals surface area contributed by atoms with E-state index in [1.54, 1.807) is 6.92 Å². The van der Waals surface area contributed by atoms with Crippen molar-refractivity contribution in [1.29, 1.82) is 0 Å². The lowest BCUT2D eigenvalue weighted by Crippen LogP contribution is -2.24. The summed E-state index contributed by atoms with van der Waals surface area (Å²) in [7, 11) is 0. The van der Waals surface area contributed by atoms with Gasteiger partial charge in [0.1, 0.15) is 11.6 Å². The zero-order valence-corrected chi connectivity index (χ0v) is 11.8. The largest absolute Gasteiger partial charge is 0.306 e. The van der Waals surface area contributed by atoms with Crippen LogP contribution in [0.25, 0.3) is 0 Å². The van der Waals surface area contributed by atoms with Crippen LogP contribution in [0.15, 0.2) is 42.5 Å². The molecule has 0 fully saturated rings. The minimum Gasteiger partial charge on any atom is -0.306 e. The highest BCUT2D eigenvalue weighted by Crippen LogP contribution is 2.26. The standard InChI is InChI=1S/C17H19F2N/c1-3-9-20-17(13-7-5-4-6-8-13)14-11-15(18)12(2)10-16(14)19/h4-8,10-11,17,20H,3,9H2,1-2H3. The summed E-state index contributed by atoms with van der Waals surface area (Å²) in [4.78, 5) is 0. The van der Waals surface area contributed by atoms with Crippen molar-refractivity contribution < 1.29 is 8.78 Å². The van der Waals surface area contributed by atoms with Gasteiger partial charge in [0.25, 0.3) is 0 Å². The van der Waals surface area contributed by atoms with Gasteiger partial charge >= 0.3 is 0 Å². The average Bonchev–Trinajstić information content (AvgIpc) is 2.45. The number of halogens is 2. The molecule has 0 saturated heterocycles. The highest BCUT2D eigenvalue weighted by atomic mass is 19.1. The number of hydrogen-bond acceptors (Lipinski definition) is 1. The quantitative estimate of drug-likeness (QED) is 0.854. The Kier molecular flexibility index (Phi) is 4.85. The van der Waals surface area contributed by atoms with E-state index in [1.807, 2.05) is 37.3 Å². The zero-order chi connectivity index (χ0) is 14.5. The normalized spacial score (nSPS) is 12.4. The molecular formula is C17H19F2N. The van der Waals surface area contributed by atoms with Crippen molar-refractivity contribution in [2.45, 2.75) is 26.3 Å². The molecule has 1 N–H and O–H groups in total. The number of rotatable bonds is 5. The van der Waals surface area contributed by atoms with Crippen LogP contribution >= 0.6 is 0 Å². The van der Waals surface area contributed by atoms with E-state index >= 15 is 0 Å². The summed E-state index contributed by atoms with van der Waals surface area (Å²) in [5.74, 6) is -0.748. The molecule has 0 spiro atoms. The molecule has 0 radical (unpaired) electrons. The Morgan fingerprint density at radius 3 is 2.40 bits per heavy atom. The summed E-state index contributed by atoms with van der Waals surface area (Å²) in [6.45, 7) is 4.36. The van der Waals surface area contributed by atoms with E-state index in [4.69, 9.17) is 0 Å². The van der Waals surface area contributed by atoms with Gasteiger partial charge in [-0.1, -0.05) is 37.3 Å². The Morgan fingerprint density at radius 1 is 1.05 bits per heavy atom. The van der Waals surface area contributed by atoms with Gasteiger partial charge in [0, 0.05) is 5.56 Å². The van der Waals surface area contributed by atoms with E-state index in [0.29, 0.717) is 11.1 Å². The third-order valence-corrected chi connectivity index (χ3v) is 3.32. The summed E-state index contributed by atoms with van der Waals surface area (Å²) in [5.41, 5.74) is 1.62. The Labute approximate surface area is 118 Å². The Morgan fingerprint density at radius 2 is 1.75 bits per heavy atom. The van der Waals surface area contributed by atoms with Crippen molar-refractivity contribution in [2.24, 2.45) is 0 Å². The molecule has 0 bridgehead atoms. The summed E-state index contributed by atoms with van der Waals surface area (Å²) < 4.78 is 27.9. The highest BCUT2D eigenvalue weighted by molar-refractivity contribution is 5.35. The predicted octanol–water partition coefficient (Wildman–Crippen LogP) is 4.36. The molecule has 1 unspecified atom stereocenters. The van der Waals surface area contributed by atoms with Crippen LogP contribution in [0, 0.1) is 18.6 Å². The SMILES string of the molecule is CCCNC(c1ccccc1)c1cc(F)c(C)cc1F. The van der Waals surface area contributed by atoms with Gasteiger partial charge in [-0.3, -0.25) is 0 Å². The van der Waals surface area contributed by atoms with E-state index in [-0.39, 0.29) is 17.7 Å². The van der Waals surface area contributed by atoms with Gasteiger partial charge in [0.15, 0.2) is 0 Å². The lowest BCUT2D eigenvalue weighted by molar-refractivity contribution is 0.532. The van der Waals surface area contributed by atoms with Gasteiger partial charge in [0.05, 0.1) is 6.04 Å². The first-order valence-corrected chi connectivity index (χ1v) is 6.87. The van der Waals surface area contributed by atoms with Gasteiger partial charge in [-0.05, 0) is 43.1 Å². The van der Waals surface area contributed by atoms with Gasteiger partial charge in [-0.2, -0.15) is 0 Å². The Hall–Kier alpha value is -1.74. The fourth-order valence-electron chi connectivity index (χ4n) is 2.22. The molecule has 0 aliphatic rings. The molecular weight excluding hydrogens is 256 g/mol. The number of hydrogen-bond donors (Lipinski definition) is 1. The monoisotopic (exact) mass is 275 g/mol. The minimum atomic E-state index is -0.374. The van der Waals surface area contributed by atoms with Gasteiger partial charge in [-0.15, -0.1) is 0 Å². The van der Waals surface area contributed by atoms with Crippen molar-refractivity contribution in [3.05, 3.63) is 70.8 Å². The molecule has 106 valence electrons. The third kappa shape index (κ3) is 3.23. The smallest absolute Gasteiger partial charge is 0.128 e. The molecule has 20 heavy (non-hydrogen) atoms. The first-order chi connectivity index (χ1) is 9.63. The topological polar surface area (TPSA) is 12.0 Å². The zero-order valence-electron chi connectivity index (χ0n) is 11.8. The van der Waals surface area contributed by atoms with Crippen molar-refractivity contribution in [3.63, 3.8) is 0 Å². The van der Waals surface area contributed by atoms with E-state index in [9.17, 15) is 8.78 Å². The Balaban J connectivity index is 2.44. The van der Waals surface area contributed by atoms with E-state index in [0.717, 1.165) is 18.5 Å². The van der Waals surface area contributed by atoms with Gasteiger partial charge in [0.2, 0.25) is 0 Å².